The second kappa shape index (κ2) is 2.44. The van der Waals surface area contributed by atoms with E-state index in [4.69, 9.17) is 0 Å². The first kappa shape index (κ1) is 9.38. The van der Waals surface area contributed by atoms with Crippen molar-refractivity contribution >= 4 is 0 Å². The fourth-order valence-corrected chi connectivity index (χ4v) is 2.72. The Morgan fingerprint density at radius 1 is 1.38 bits per heavy atom. The third-order valence-corrected chi connectivity index (χ3v) is 3.61. The average molecular weight is 189 g/mol. The van der Waals surface area contributed by atoms with Crippen LogP contribution < -0.4 is 0 Å². The monoisotopic (exact) mass is 189 g/mol. The number of alkyl halides is 2. The lowest BCUT2D eigenvalue weighted by molar-refractivity contribution is 0.0649. The number of likely N-dealkylation sites (tertiary alicyclic amines) is 1. The molecule has 0 amide bonds. The molecule has 0 aromatic rings. The Hall–Kier alpha value is -0.180. The van der Waals surface area contributed by atoms with Gasteiger partial charge in [0, 0.05) is 25.0 Å². The third-order valence-electron chi connectivity index (χ3n) is 3.61. The van der Waals surface area contributed by atoms with E-state index in [1.165, 1.54) is 0 Å². The van der Waals surface area contributed by atoms with E-state index in [1.54, 1.807) is 0 Å². The summed E-state index contributed by atoms with van der Waals surface area (Å²) < 4.78 is 26.2. The zero-order valence-corrected chi connectivity index (χ0v) is 8.48. The van der Waals surface area contributed by atoms with Crippen LogP contribution in [-0.2, 0) is 0 Å². The average Bonchev–Trinajstić information content (AvgIpc) is 2.36. The van der Waals surface area contributed by atoms with Gasteiger partial charge in [0.15, 0.2) is 0 Å². The van der Waals surface area contributed by atoms with Gasteiger partial charge in [-0.1, -0.05) is 0 Å². The number of hydrogen-bond donors (Lipinski definition) is 0. The first-order chi connectivity index (χ1) is 5.88. The zero-order chi connectivity index (χ0) is 9.85. The number of nitrogens with zero attached hydrogens (tertiary/aromatic N) is 1. The minimum Gasteiger partial charge on any atom is -0.297 e. The molecule has 1 aliphatic heterocycles. The highest BCUT2D eigenvalue weighted by atomic mass is 19.3. The maximum atomic E-state index is 13.1. The van der Waals surface area contributed by atoms with Crippen LogP contribution in [0.5, 0.6) is 0 Å². The molecule has 1 aliphatic carbocycles. The van der Waals surface area contributed by atoms with Crippen molar-refractivity contribution in [2.24, 2.45) is 5.41 Å². The number of rotatable bonds is 1. The molecule has 1 spiro atoms. The Bertz CT molecular complexity index is 227. The molecule has 76 valence electrons. The molecule has 2 atom stereocenters. The van der Waals surface area contributed by atoms with Crippen LogP contribution >= 0.6 is 0 Å². The van der Waals surface area contributed by atoms with Gasteiger partial charge in [0.25, 0.3) is 5.92 Å². The Morgan fingerprint density at radius 2 is 1.92 bits per heavy atom. The predicted molar refractivity (Wildman–Crippen MR) is 47.9 cm³/mol. The Balaban J connectivity index is 2.09. The van der Waals surface area contributed by atoms with Crippen molar-refractivity contribution in [3.8, 4) is 0 Å². The lowest BCUT2D eigenvalue weighted by atomic mass is 10.0. The molecule has 1 heterocycles. The zero-order valence-electron chi connectivity index (χ0n) is 8.48. The Kier molecular flexibility index (Phi) is 1.76. The van der Waals surface area contributed by atoms with Gasteiger partial charge >= 0.3 is 0 Å². The maximum Gasteiger partial charge on any atom is 0.255 e. The van der Waals surface area contributed by atoms with Gasteiger partial charge in [0.1, 0.15) is 0 Å². The largest absolute Gasteiger partial charge is 0.297 e. The van der Waals surface area contributed by atoms with Crippen molar-refractivity contribution in [3.05, 3.63) is 0 Å². The summed E-state index contributed by atoms with van der Waals surface area (Å²) in [6.45, 7) is 6.81. The fraction of sp³-hybridized carbons (Fsp3) is 1.00. The van der Waals surface area contributed by atoms with E-state index in [1.807, 2.05) is 0 Å². The van der Waals surface area contributed by atoms with Gasteiger partial charge in [-0.05, 0) is 27.2 Å². The highest BCUT2D eigenvalue weighted by Crippen LogP contribution is 2.66. The first-order valence-corrected chi connectivity index (χ1v) is 5.02. The van der Waals surface area contributed by atoms with Crippen LogP contribution in [-0.4, -0.2) is 29.5 Å². The highest BCUT2D eigenvalue weighted by Gasteiger charge is 2.73. The molecule has 1 saturated heterocycles. The van der Waals surface area contributed by atoms with Crippen molar-refractivity contribution in [2.45, 2.75) is 51.6 Å². The second-order valence-corrected chi connectivity index (χ2v) is 4.98. The molecule has 0 N–H and O–H groups in total. The van der Waals surface area contributed by atoms with Crippen molar-refractivity contribution in [3.63, 3.8) is 0 Å². The lowest BCUT2D eigenvalue weighted by Crippen LogP contribution is -2.34. The lowest BCUT2D eigenvalue weighted by Gasteiger charge is -2.25. The highest BCUT2D eigenvalue weighted by molar-refractivity contribution is 5.16. The van der Waals surface area contributed by atoms with E-state index in [-0.39, 0.29) is 6.42 Å². The molecule has 13 heavy (non-hydrogen) atoms. The molecule has 2 fully saturated rings. The van der Waals surface area contributed by atoms with Gasteiger partial charge in [-0.15, -0.1) is 0 Å². The molecule has 1 saturated carbocycles. The van der Waals surface area contributed by atoms with Gasteiger partial charge < -0.3 is 0 Å². The van der Waals surface area contributed by atoms with E-state index < -0.39 is 11.3 Å². The van der Waals surface area contributed by atoms with Crippen LogP contribution in [0.4, 0.5) is 8.78 Å². The van der Waals surface area contributed by atoms with Crippen molar-refractivity contribution in [2.75, 3.05) is 6.54 Å². The van der Waals surface area contributed by atoms with Gasteiger partial charge in [-0.25, -0.2) is 8.78 Å². The summed E-state index contributed by atoms with van der Waals surface area (Å²) in [6.07, 6.45) is 0.797. The van der Waals surface area contributed by atoms with Crippen LogP contribution in [0, 0.1) is 5.41 Å². The van der Waals surface area contributed by atoms with Crippen molar-refractivity contribution < 1.29 is 8.78 Å². The summed E-state index contributed by atoms with van der Waals surface area (Å²) in [5.74, 6) is -2.37. The molecule has 3 heteroatoms. The Labute approximate surface area is 78.1 Å². The van der Waals surface area contributed by atoms with Crippen LogP contribution in [0.3, 0.4) is 0 Å². The molecule has 2 aliphatic rings. The predicted octanol–water partition coefficient (Wildman–Crippen LogP) is 2.51. The van der Waals surface area contributed by atoms with Crippen molar-refractivity contribution in [1.29, 1.82) is 0 Å². The molecule has 2 unspecified atom stereocenters. The molecule has 0 aromatic carbocycles. The molecular weight excluding hydrogens is 172 g/mol. The number of hydrogen-bond acceptors (Lipinski definition) is 1. The van der Waals surface area contributed by atoms with Gasteiger partial charge in [0.2, 0.25) is 0 Å². The summed E-state index contributed by atoms with van der Waals surface area (Å²) in [7, 11) is 0. The quantitative estimate of drug-likeness (QED) is 0.612. The molecule has 0 radical (unpaired) electrons. The van der Waals surface area contributed by atoms with E-state index >= 15 is 0 Å². The van der Waals surface area contributed by atoms with E-state index in [0.717, 1.165) is 0 Å². The summed E-state index contributed by atoms with van der Waals surface area (Å²) in [6, 6.07) is 0.721. The molecule has 0 aromatic heterocycles. The molecule has 1 nitrogen and oxygen atoms in total. The molecule has 0 bridgehead atoms. The fourth-order valence-electron chi connectivity index (χ4n) is 2.72. The summed E-state index contributed by atoms with van der Waals surface area (Å²) in [5, 5.41) is 0. The van der Waals surface area contributed by atoms with Gasteiger partial charge in [-0.2, -0.15) is 0 Å². The molecular formula is C10H17F2N. The minimum atomic E-state index is -2.37. The van der Waals surface area contributed by atoms with Crippen LogP contribution in [0.2, 0.25) is 0 Å². The minimum absolute atomic E-state index is 0.119. The normalized spacial score (nSPS) is 43.4. The first-order valence-electron chi connectivity index (χ1n) is 5.02. The van der Waals surface area contributed by atoms with E-state index in [0.29, 0.717) is 25.0 Å². The smallest absolute Gasteiger partial charge is 0.255 e. The Morgan fingerprint density at radius 3 is 2.15 bits per heavy atom. The maximum absolute atomic E-state index is 13.1. The van der Waals surface area contributed by atoms with Crippen LogP contribution in [0.1, 0.15) is 33.6 Å². The third kappa shape index (κ3) is 1.20. The SMILES string of the molecule is CC(C)N1CC2(CC1C)CC2(F)F. The van der Waals surface area contributed by atoms with Crippen LogP contribution in [0.25, 0.3) is 0 Å². The summed E-state index contributed by atoms with van der Waals surface area (Å²) >= 11 is 0. The topological polar surface area (TPSA) is 3.24 Å². The molecule has 2 rings (SSSR count). The van der Waals surface area contributed by atoms with E-state index in [2.05, 4.69) is 25.7 Å². The van der Waals surface area contributed by atoms with Gasteiger partial charge in [0.05, 0.1) is 5.41 Å². The number of halogens is 2. The van der Waals surface area contributed by atoms with Gasteiger partial charge in [-0.3, -0.25) is 4.90 Å². The van der Waals surface area contributed by atoms with E-state index in [9.17, 15) is 8.78 Å². The summed E-state index contributed by atoms with van der Waals surface area (Å²) in [4.78, 5) is 2.20. The standard InChI is InChI=1S/C10H17F2N/c1-7(2)13-6-9(4-8(13)3)5-10(9,11)12/h7-8H,4-6H2,1-3H3. The second-order valence-electron chi connectivity index (χ2n) is 4.98. The van der Waals surface area contributed by atoms with Crippen molar-refractivity contribution in [1.82, 2.24) is 4.90 Å². The summed E-state index contributed by atoms with van der Waals surface area (Å²) in [5.41, 5.74) is -0.642. The van der Waals surface area contributed by atoms with Crippen LogP contribution in [0.15, 0.2) is 0 Å².